The van der Waals surface area contributed by atoms with E-state index in [1.165, 1.54) is 6.92 Å². The van der Waals surface area contributed by atoms with Crippen molar-refractivity contribution in [2.45, 2.75) is 13.8 Å². The molecule has 90 valence electrons. The number of carbonyl (C=O) groups excluding carboxylic acids is 2. The van der Waals surface area contributed by atoms with Crippen LogP contribution in [0.25, 0.3) is 0 Å². The van der Waals surface area contributed by atoms with Gasteiger partial charge in [0.15, 0.2) is 5.78 Å². The van der Waals surface area contributed by atoms with E-state index in [2.05, 4.69) is 0 Å². The molecule has 0 fully saturated rings. The van der Waals surface area contributed by atoms with Gasteiger partial charge in [-0.05, 0) is 25.1 Å². The van der Waals surface area contributed by atoms with Crippen molar-refractivity contribution in [1.82, 2.24) is 0 Å². The van der Waals surface area contributed by atoms with Crippen LogP contribution in [-0.2, 0) is 4.79 Å². The molecule has 0 spiro atoms. The van der Waals surface area contributed by atoms with Crippen LogP contribution >= 0.6 is 0 Å². The molecule has 4 heteroatoms. The highest BCUT2D eigenvalue weighted by molar-refractivity contribution is 6.00. The Morgan fingerprint density at radius 1 is 1.47 bits per heavy atom. The van der Waals surface area contributed by atoms with Gasteiger partial charge < -0.3 is 9.64 Å². The summed E-state index contributed by atoms with van der Waals surface area (Å²) in [7, 11) is 1.70. The first-order valence-electron chi connectivity index (χ1n) is 5.56. The number of rotatable bonds is 1. The first-order valence-corrected chi connectivity index (χ1v) is 5.56. The number of nitrogens with zero attached hydrogens (tertiary/aromatic N) is 1. The summed E-state index contributed by atoms with van der Waals surface area (Å²) >= 11 is 0. The SMILES string of the molecule is CC(=O)c1ccc2c(c1)N(C)C(=O)C(C)CO2. The zero-order valence-electron chi connectivity index (χ0n) is 10.2. The lowest BCUT2D eigenvalue weighted by Gasteiger charge is -2.18. The van der Waals surface area contributed by atoms with Gasteiger partial charge in [0.1, 0.15) is 5.75 Å². The zero-order chi connectivity index (χ0) is 12.6. The van der Waals surface area contributed by atoms with E-state index in [1.54, 1.807) is 30.1 Å². The third-order valence-electron chi connectivity index (χ3n) is 2.97. The van der Waals surface area contributed by atoms with Gasteiger partial charge in [0, 0.05) is 12.6 Å². The van der Waals surface area contributed by atoms with Crippen LogP contribution < -0.4 is 9.64 Å². The largest absolute Gasteiger partial charge is 0.491 e. The van der Waals surface area contributed by atoms with Crippen LogP contribution in [0.15, 0.2) is 18.2 Å². The molecule has 1 aromatic rings. The lowest BCUT2D eigenvalue weighted by Crippen LogP contribution is -2.31. The van der Waals surface area contributed by atoms with E-state index in [9.17, 15) is 9.59 Å². The van der Waals surface area contributed by atoms with E-state index in [1.807, 2.05) is 6.92 Å². The fraction of sp³-hybridized carbons (Fsp3) is 0.385. The van der Waals surface area contributed by atoms with Crippen molar-refractivity contribution in [3.63, 3.8) is 0 Å². The van der Waals surface area contributed by atoms with Gasteiger partial charge in [-0.3, -0.25) is 9.59 Å². The minimum Gasteiger partial charge on any atom is -0.491 e. The van der Waals surface area contributed by atoms with Crippen molar-refractivity contribution < 1.29 is 14.3 Å². The Kier molecular flexibility index (Phi) is 2.88. The number of fused-ring (bicyclic) bond motifs is 1. The van der Waals surface area contributed by atoms with Gasteiger partial charge in [-0.1, -0.05) is 6.92 Å². The van der Waals surface area contributed by atoms with Crippen molar-refractivity contribution in [3.8, 4) is 5.75 Å². The predicted octanol–water partition coefficient (Wildman–Crippen LogP) is 1.88. The van der Waals surface area contributed by atoms with E-state index < -0.39 is 0 Å². The first kappa shape index (κ1) is 11.6. The van der Waals surface area contributed by atoms with Crippen LogP contribution in [0.1, 0.15) is 24.2 Å². The maximum Gasteiger partial charge on any atom is 0.233 e. The van der Waals surface area contributed by atoms with Crippen LogP contribution in [0.2, 0.25) is 0 Å². The van der Waals surface area contributed by atoms with E-state index in [0.717, 1.165) is 0 Å². The van der Waals surface area contributed by atoms with Gasteiger partial charge in [-0.15, -0.1) is 0 Å². The summed E-state index contributed by atoms with van der Waals surface area (Å²) in [5.74, 6) is 0.457. The van der Waals surface area contributed by atoms with Crippen LogP contribution in [0.3, 0.4) is 0 Å². The monoisotopic (exact) mass is 233 g/mol. The molecule has 1 amide bonds. The number of amides is 1. The molecule has 0 bridgehead atoms. The molecule has 1 atom stereocenters. The topological polar surface area (TPSA) is 46.6 Å². The Morgan fingerprint density at radius 3 is 2.82 bits per heavy atom. The molecule has 4 nitrogen and oxygen atoms in total. The molecule has 0 radical (unpaired) electrons. The van der Waals surface area contributed by atoms with Crippen LogP contribution in [0.4, 0.5) is 5.69 Å². The number of ether oxygens (including phenoxy) is 1. The van der Waals surface area contributed by atoms with Crippen molar-refractivity contribution in [1.29, 1.82) is 0 Å². The third kappa shape index (κ3) is 2.02. The number of hydrogen-bond acceptors (Lipinski definition) is 3. The summed E-state index contributed by atoms with van der Waals surface area (Å²) in [5, 5.41) is 0. The van der Waals surface area contributed by atoms with Crippen LogP contribution in [0, 0.1) is 5.92 Å². The Morgan fingerprint density at radius 2 is 2.18 bits per heavy atom. The number of benzene rings is 1. The summed E-state index contributed by atoms with van der Waals surface area (Å²) in [4.78, 5) is 24.8. The summed E-state index contributed by atoms with van der Waals surface area (Å²) in [5.41, 5.74) is 1.24. The second-order valence-corrected chi connectivity index (χ2v) is 4.35. The molecule has 1 aliphatic heterocycles. The maximum atomic E-state index is 11.9. The highest BCUT2D eigenvalue weighted by atomic mass is 16.5. The summed E-state index contributed by atoms with van der Waals surface area (Å²) in [6, 6.07) is 5.16. The Labute approximate surface area is 100 Å². The van der Waals surface area contributed by atoms with Crippen molar-refractivity contribution >= 4 is 17.4 Å². The normalized spacial score (nSPS) is 19.4. The smallest absolute Gasteiger partial charge is 0.233 e. The molecule has 0 aromatic heterocycles. The number of ketones is 1. The average Bonchev–Trinajstić information content (AvgIpc) is 2.42. The molecule has 0 saturated carbocycles. The lowest BCUT2D eigenvalue weighted by molar-refractivity contribution is -0.122. The van der Waals surface area contributed by atoms with Crippen molar-refractivity contribution in [3.05, 3.63) is 23.8 Å². The zero-order valence-corrected chi connectivity index (χ0v) is 10.2. The van der Waals surface area contributed by atoms with Crippen LogP contribution in [0.5, 0.6) is 5.75 Å². The Hall–Kier alpha value is -1.84. The highest BCUT2D eigenvalue weighted by Gasteiger charge is 2.26. The van der Waals surface area contributed by atoms with Gasteiger partial charge in [-0.2, -0.15) is 0 Å². The molecular weight excluding hydrogens is 218 g/mol. The maximum absolute atomic E-state index is 11.9. The lowest BCUT2D eigenvalue weighted by atomic mass is 10.1. The molecule has 1 unspecified atom stereocenters. The molecule has 0 N–H and O–H groups in total. The third-order valence-corrected chi connectivity index (χ3v) is 2.97. The fourth-order valence-corrected chi connectivity index (χ4v) is 1.86. The molecule has 1 heterocycles. The predicted molar refractivity (Wildman–Crippen MR) is 64.5 cm³/mol. The van der Waals surface area contributed by atoms with Crippen molar-refractivity contribution in [2.75, 3.05) is 18.6 Å². The number of hydrogen-bond donors (Lipinski definition) is 0. The van der Waals surface area contributed by atoms with E-state index in [4.69, 9.17) is 4.74 Å². The second-order valence-electron chi connectivity index (χ2n) is 4.35. The summed E-state index contributed by atoms with van der Waals surface area (Å²) < 4.78 is 5.56. The Bertz CT molecular complexity index is 482. The molecule has 0 aliphatic carbocycles. The number of anilines is 1. The summed E-state index contributed by atoms with van der Waals surface area (Å²) in [6.45, 7) is 3.70. The van der Waals surface area contributed by atoms with Crippen LogP contribution in [-0.4, -0.2) is 25.3 Å². The summed E-state index contributed by atoms with van der Waals surface area (Å²) in [6.07, 6.45) is 0. The van der Waals surface area contributed by atoms with E-state index in [-0.39, 0.29) is 17.6 Å². The fourth-order valence-electron chi connectivity index (χ4n) is 1.86. The van der Waals surface area contributed by atoms with Gasteiger partial charge in [0.25, 0.3) is 0 Å². The van der Waals surface area contributed by atoms with Gasteiger partial charge >= 0.3 is 0 Å². The minimum atomic E-state index is -0.173. The standard InChI is InChI=1S/C13H15NO3/c1-8-7-17-12-5-4-10(9(2)15)6-11(12)14(3)13(8)16/h4-6,8H,7H2,1-3H3. The quantitative estimate of drug-likeness (QED) is 0.696. The molecule has 0 saturated heterocycles. The second kappa shape index (κ2) is 4.20. The molecule has 2 rings (SSSR count). The first-order chi connectivity index (χ1) is 8.00. The molecule has 17 heavy (non-hydrogen) atoms. The highest BCUT2D eigenvalue weighted by Crippen LogP contribution is 2.32. The minimum absolute atomic E-state index is 0.00412. The average molecular weight is 233 g/mol. The number of carbonyl (C=O) groups is 2. The van der Waals surface area contributed by atoms with Gasteiger partial charge in [0.2, 0.25) is 5.91 Å². The Balaban J connectivity index is 2.49. The van der Waals surface area contributed by atoms with E-state index >= 15 is 0 Å². The number of Topliss-reactive ketones (excluding diaryl/α,β-unsaturated/α-hetero) is 1. The van der Waals surface area contributed by atoms with E-state index in [0.29, 0.717) is 23.6 Å². The molecule has 1 aromatic carbocycles. The molecule has 1 aliphatic rings. The van der Waals surface area contributed by atoms with Gasteiger partial charge in [0.05, 0.1) is 18.2 Å². The van der Waals surface area contributed by atoms with Gasteiger partial charge in [-0.25, -0.2) is 0 Å². The van der Waals surface area contributed by atoms with Crippen molar-refractivity contribution in [2.24, 2.45) is 5.92 Å². The molecular formula is C13H15NO3.